The number of benzene rings is 6. The molecule has 44 heavy (non-hydrogen) atoms. The molecular weight excluding hydrogens is 664 g/mol. The normalized spacial score (nSPS) is 15.0. The molecule has 6 aromatic carbocycles. The third kappa shape index (κ3) is 4.22. The van der Waals surface area contributed by atoms with Gasteiger partial charge in [-0.2, -0.15) is 0 Å². The number of hydrogen-bond acceptors (Lipinski definition) is 0. The summed E-state index contributed by atoms with van der Waals surface area (Å²) < 4.78 is 2.27. The standard InChI is InChI=1S/C42H32Br2/c1-41(2)37-21-29(13-17-33(37)35-19-15-31(43)23-39(35)41)27-9-5-25(6-10-27)26-7-11-28(12-8-26)30-14-18-34-36-20-16-32(44)24-40(36)42(3,4)38(34)22-30/h5-24H,1-4H3. The van der Waals surface area contributed by atoms with Crippen molar-refractivity contribution in [2.24, 2.45) is 0 Å². The third-order valence-electron chi connectivity index (χ3n) is 10.0. The molecule has 0 amide bonds. The fourth-order valence-electron chi connectivity index (χ4n) is 7.49. The van der Waals surface area contributed by atoms with E-state index < -0.39 is 0 Å². The lowest BCUT2D eigenvalue weighted by molar-refractivity contribution is 0.660. The molecule has 0 heterocycles. The molecule has 0 aliphatic heterocycles. The van der Waals surface area contributed by atoms with Crippen LogP contribution in [0.2, 0.25) is 0 Å². The van der Waals surface area contributed by atoms with Crippen molar-refractivity contribution in [3.8, 4) is 55.6 Å². The summed E-state index contributed by atoms with van der Waals surface area (Å²) in [5, 5.41) is 0. The van der Waals surface area contributed by atoms with Gasteiger partial charge in [0, 0.05) is 19.8 Å². The molecule has 8 rings (SSSR count). The molecule has 2 aliphatic carbocycles. The van der Waals surface area contributed by atoms with Gasteiger partial charge in [-0.25, -0.2) is 0 Å². The summed E-state index contributed by atoms with van der Waals surface area (Å²) in [7, 11) is 0. The van der Waals surface area contributed by atoms with Gasteiger partial charge in [0.05, 0.1) is 0 Å². The molecule has 0 N–H and O–H groups in total. The van der Waals surface area contributed by atoms with Crippen molar-refractivity contribution >= 4 is 31.9 Å². The Bertz CT molecular complexity index is 1960. The van der Waals surface area contributed by atoms with Crippen LogP contribution in [0.15, 0.2) is 130 Å². The summed E-state index contributed by atoms with van der Waals surface area (Å²) in [4.78, 5) is 0. The highest BCUT2D eigenvalue weighted by Crippen LogP contribution is 2.51. The highest BCUT2D eigenvalue weighted by Gasteiger charge is 2.36. The second-order valence-corrected chi connectivity index (χ2v) is 15.1. The minimum absolute atomic E-state index is 0.0259. The summed E-state index contributed by atoms with van der Waals surface area (Å²) in [6.07, 6.45) is 0. The highest BCUT2D eigenvalue weighted by atomic mass is 79.9. The predicted molar refractivity (Wildman–Crippen MR) is 193 cm³/mol. The monoisotopic (exact) mass is 694 g/mol. The van der Waals surface area contributed by atoms with E-state index in [0.717, 1.165) is 8.95 Å². The quantitative estimate of drug-likeness (QED) is 0.173. The predicted octanol–water partition coefficient (Wildman–Crippen LogP) is 12.8. The van der Waals surface area contributed by atoms with Crippen LogP contribution in [-0.4, -0.2) is 0 Å². The van der Waals surface area contributed by atoms with E-state index in [9.17, 15) is 0 Å². The maximum atomic E-state index is 3.67. The van der Waals surface area contributed by atoms with E-state index in [-0.39, 0.29) is 10.8 Å². The van der Waals surface area contributed by atoms with Crippen LogP contribution in [0.4, 0.5) is 0 Å². The lowest BCUT2D eigenvalue weighted by Gasteiger charge is -2.22. The Kier molecular flexibility index (Phi) is 6.25. The average molecular weight is 697 g/mol. The van der Waals surface area contributed by atoms with Gasteiger partial charge in [0.1, 0.15) is 0 Å². The van der Waals surface area contributed by atoms with E-state index in [1.54, 1.807) is 0 Å². The molecule has 0 aromatic heterocycles. The van der Waals surface area contributed by atoms with E-state index in [1.165, 1.54) is 77.9 Å². The number of halogens is 2. The second kappa shape index (κ2) is 9.89. The number of hydrogen-bond donors (Lipinski definition) is 0. The van der Waals surface area contributed by atoms with Gasteiger partial charge >= 0.3 is 0 Å². The molecule has 6 aromatic rings. The molecular formula is C42H32Br2. The van der Waals surface area contributed by atoms with Crippen LogP contribution in [0.5, 0.6) is 0 Å². The summed E-state index contributed by atoms with van der Waals surface area (Å²) >= 11 is 7.35. The molecule has 0 bridgehead atoms. The minimum atomic E-state index is -0.0259. The SMILES string of the molecule is CC1(C)c2cc(Br)ccc2-c2ccc(-c3ccc(-c4ccc(-c5ccc6c(c5)C(C)(C)c5cc(Br)ccc5-6)cc4)cc3)cc21. The van der Waals surface area contributed by atoms with Crippen LogP contribution in [0, 0.1) is 0 Å². The fourth-order valence-corrected chi connectivity index (χ4v) is 8.21. The Morgan fingerprint density at radius 2 is 0.568 bits per heavy atom. The molecule has 0 nitrogen and oxygen atoms in total. The molecule has 0 saturated carbocycles. The van der Waals surface area contributed by atoms with Crippen molar-refractivity contribution in [1.82, 2.24) is 0 Å². The van der Waals surface area contributed by atoms with Gasteiger partial charge in [-0.15, -0.1) is 0 Å². The first-order chi connectivity index (χ1) is 21.1. The minimum Gasteiger partial charge on any atom is -0.0538 e. The Hall–Kier alpha value is -3.72. The zero-order valence-electron chi connectivity index (χ0n) is 25.3. The zero-order chi connectivity index (χ0) is 30.4. The van der Waals surface area contributed by atoms with E-state index in [4.69, 9.17) is 0 Å². The van der Waals surface area contributed by atoms with Crippen LogP contribution in [0.3, 0.4) is 0 Å². The summed E-state index contributed by atoms with van der Waals surface area (Å²) in [6.45, 7) is 9.34. The molecule has 0 unspecified atom stereocenters. The van der Waals surface area contributed by atoms with E-state index in [2.05, 4.69) is 181 Å². The van der Waals surface area contributed by atoms with E-state index in [0.29, 0.717) is 0 Å². The smallest absolute Gasteiger partial charge is 0.0178 e. The molecule has 214 valence electrons. The molecule has 0 saturated heterocycles. The van der Waals surface area contributed by atoms with Crippen molar-refractivity contribution in [3.05, 3.63) is 153 Å². The second-order valence-electron chi connectivity index (χ2n) is 13.3. The van der Waals surface area contributed by atoms with Gasteiger partial charge in [0.2, 0.25) is 0 Å². The van der Waals surface area contributed by atoms with Crippen molar-refractivity contribution in [2.75, 3.05) is 0 Å². The van der Waals surface area contributed by atoms with Gasteiger partial charge in [0.15, 0.2) is 0 Å². The molecule has 2 heteroatoms. The average Bonchev–Trinajstić information content (AvgIpc) is 3.39. The molecule has 0 fully saturated rings. The lowest BCUT2D eigenvalue weighted by atomic mass is 9.81. The summed E-state index contributed by atoms with van der Waals surface area (Å²) in [5.41, 5.74) is 18.4. The number of fused-ring (bicyclic) bond motifs is 6. The van der Waals surface area contributed by atoms with Crippen LogP contribution in [0.25, 0.3) is 55.6 Å². The highest BCUT2D eigenvalue weighted by molar-refractivity contribution is 9.10. The van der Waals surface area contributed by atoms with Crippen LogP contribution >= 0.6 is 31.9 Å². The van der Waals surface area contributed by atoms with Crippen LogP contribution in [-0.2, 0) is 10.8 Å². The maximum Gasteiger partial charge on any atom is 0.0178 e. The fraction of sp³-hybridized carbons (Fsp3) is 0.143. The van der Waals surface area contributed by atoms with Gasteiger partial charge in [-0.3, -0.25) is 0 Å². The maximum absolute atomic E-state index is 3.67. The molecule has 0 radical (unpaired) electrons. The molecule has 2 aliphatic rings. The largest absolute Gasteiger partial charge is 0.0538 e. The zero-order valence-corrected chi connectivity index (χ0v) is 28.5. The van der Waals surface area contributed by atoms with Crippen molar-refractivity contribution < 1.29 is 0 Å². The van der Waals surface area contributed by atoms with Crippen molar-refractivity contribution in [1.29, 1.82) is 0 Å². The van der Waals surface area contributed by atoms with E-state index in [1.807, 2.05) is 0 Å². The first-order valence-electron chi connectivity index (χ1n) is 15.2. The van der Waals surface area contributed by atoms with Crippen LogP contribution in [0.1, 0.15) is 49.9 Å². The Morgan fingerprint density at radius 3 is 0.909 bits per heavy atom. The Morgan fingerprint density at radius 1 is 0.318 bits per heavy atom. The third-order valence-corrected chi connectivity index (χ3v) is 11.0. The first-order valence-corrected chi connectivity index (χ1v) is 16.8. The summed E-state index contributed by atoms with van der Waals surface area (Å²) in [6, 6.07) is 45.3. The van der Waals surface area contributed by atoms with Gasteiger partial charge < -0.3 is 0 Å². The van der Waals surface area contributed by atoms with Gasteiger partial charge in [0.25, 0.3) is 0 Å². The van der Waals surface area contributed by atoms with Crippen molar-refractivity contribution in [2.45, 2.75) is 38.5 Å². The lowest BCUT2D eigenvalue weighted by Crippen LogP contribution is -2.15. The first kappa shape index (κ1) is 27.8. The van der Waals surface area contributed by atoms with Crippen molar-refractivity contribution in [3.63, 3.8) is 0 Å². The van der Waals surface area contributed by atoms with Gasteiger partial charge in [-0.05, 0) is 114 Å². The summed E-state index contributed by atoms with van der Waals surface area (Å²) in [5.74, 6) is 0. The Labute approximate surface area is 277 Å². The Balaban J connectivity index is 1.06. The van der Waals surface area contributed by atoms with Crippen LogP contribution < -0.4 is 0 Å². The topological polar surface area (TPSA) is 0 Å². The molecule has 0 spiro atoms. The van der Waals surface area contributed by atoms with E-state index >= 15 is 0 Å². The number of rotatable bonds is 3. The van der Waals surface area contributed by atoms with Gasteiger partial charge in [-0.1, -0.05) is 144 Å². The molecule has 0 atom stereocenters.